The summed E-state index contributed by atoms with van der Waals surface area (Å²) in [5, 5.41) is 3.94. The van der Waals surface area contributed by atoms with Gasteiger partial charge in [-0.15, -0.1) is 0 Å². The molecule has 1 fully saturated rings. The van der Waals surface area contributed by atoms with Crippen LogP contribution in [0.3, 0.4) is 0 Å². The first-order chi connectivity index (χ1) is 8.44. The number of aromatic nitrogens is 1. The zero-order valence-electron chi connectivity index (χ0n) is 11.0. The van der Waals surface area contributed by atoms with Gasteiger partial charge in [-0.25, -0.2) is 4.98 Å². The van der Waals surface area contributed by atoms with E-state index in [1.807, 2.05) is 6.07 Å². The van der Waals surface area contributed by atoms with E-state index in [4.69, 9.17) is 21.1 Å². The van der Waals surface area contributed by atoms with Crippen LogP contribution in [-0.4, -0.2) is 29.8 Å². The molecule has 100 valence electrons. The molecule has 0 aliphatic carbocycles. The highest BCUT2D eigenvalue weighted by Crippen LogP contribution is 2.24. The van der Waals surface area contributed by atoms with Crippen LogP contribution in [0, 0.1) is 0 Å². The Bertz CT molecular complexity index is 414. The molecule has 1 aliphatic heterocycles. The fraction of sp³-hybridized carbons (Fsp3) is 0.615. The van der Waals surface area contributed by atoms with Crippen molar-refractivity contribution in [3.05, 3.63) is 22.8 Å². The molecule has 1 aromatic rings. The molecule has 18 heavy (non-hydrogen) atoms. The van der Waals surface area contributed by atoms with Crippen LogP contribution in [-0.2, 0) is 11.3 Å². The molecule has 2 rings (SSSR count). The molecule has 5 heteroatoms. The van der Waals surface area contributed by atoms with Crippen LogP contribution >= 0.6 is 11.6 Å². The smallest absolute Gasteiger partial charge is 0.233 e. The molecule has 0 saturated carbocycles. The van der Waals surface area contributed by atoms with Crippen LogP contribution in [0.5, 0.6) is 5.88 Å². The molecule has 0 radical (unpaired) electrons. The Labute approximate surface area is 113 Å². The van der Waals surface area contributed by atoms with Crippen molar-refractivity contribution in [3.8, 4) is 5.88 Å². The average Bonchev–Trinajstić information content (AvgIpc) is 2.21. The Morgan fingerprint density at radius 2 is 2.22 bits per heavy atom. The Hall–Kier alpha value is -0.840. The number of nitrogens with zero attached hydrogens (tertiary/aromatic N) is 1. The Morgan fingerprint density at radius 1 is 1.50 bits per heavy atom. The van der Waals surface area contributed by atoms with Crippen molar-refractivity contribution in [2.75, 3.05) is 13.2 Å². The Morgan fingerprint density at radius 3 is 2.72 bits per heavy atom. The molecule has 1 saturated heterocycles. The van der Waals surface area contributed by atoms with Gasteiger partial charge in [-0.1, -0.05) is 11.6 Å². The number of nitrogens with one attached hydrogen (secondary N) is 1. The number of halogens is 1. The lowest BCUT2D eigenvalue weighted by molar-refractivity contribution is -0.0813. The zero-order chi connectivity index (χ0) is 13.2. The van der Waals surface area contributed by atoms with E-state index < -0.39 is 0 Å². The van der Waals surface area contributed by atoms with Gasteiger partial charge in [-0.3, -0.25) is 0 Å². The molecule has 0 unspecified atom stereocenters. The largest absolute Gasteiger partial charge is 0.468 e. The van der Waals surface area contributed by atoms with E-state index in [-0.39, 0.29) is 11.6 Å². The summed E-state index contributed by atoms with van der Waals surface area (Å²) in [5.74, 6) is 0.490. The summed E-state index contributed by atoms with van der Waals surface area (Å²) in [7, 11) is 0. The van der Waals surface area contributed by atoms with Gasteiger partial charge in [0.15, 0.2) is 0 Å². The summed E-state index contributed by atoms with van der Waals surface area (Å²) < 4.78 is 10.6. The molecular formula is C13H19ClN2O2. The first-order valence-electron chi connectivity index (χ1n) is 6.08. The molecule has 1 N–H and O–H groups in total. The van der Waals surface area contributed by atoms with Crippen molar-refractivity contribution in [3.63, 3.8) is 0 Å². The minimum atomic E-state index is 0.0743. The lowest BCUT2D eigenvalue weighted by Gasteiger charge is -2.26. The van der Waals surface area contributed by atoms with Gasteiger partial charge < -0.3 is 14.8 Å². The van der Waals surface area contributed by atoms with Gasteiger partial charge in [0.1, 0.15) is 11.1 Å². The van der Waals surface area contributed by atoms with Crippen molar-refractivity contribution in [2.24, 2.45) is 0 Å². The lowest BCUT2D eigenvalue weighted by atomic mass is 10.1. The maximum absolute atomic E-state index is 6.15. The summed E-state index contributed by atoms with van der Waals surface area (Å²) in [6, 6.07) is 1.89. The van der Waals surface area contributed by atoms with Gasteiger partial charge in [0.05, 0.1) is 13.2 Å². The highest BCUT2D eigenvalue weighted by atomic mass is 35.5. The molecule has 1 aromatic heterocycles. The Balaban J connectivity index is 1.95. The lowest BCUT2D eigenvalue weighted by Crippen LogP contribution is -2.38. The van der Waals surface area contributed by atoms with E-state index in [9.17, 15) is 0 Å². The van der Waals surface area contributed by atoms with Crippen LogP contribution in [0.4, 0.5) is 0 Å². The van der Waals surface area contributed by atoms with Crippen LogP contribution < -0.4 is 10.1 Å². The molecular weight excluding hydrogens is 252 g/mol. The summed E-state index contributed by atoms with van der Waals surface area (Å²) in [6.45, 7) is 8.34. The molecule has 2 heterocycles. The number of hydrogen-bond acceptors (Lipinski definition) is 4. The maximum Gasteiger partial charge on any atom is 0.233 e. The molecule has 0 amide bonds. The van der Waals surface area contributed by atoms with Crippen LogP contribution in [0.2, 0.25) is 5.02 Å². The average molecular weight is 271 g/mol. The number of pyridine rings is 1. The van der Waals surface area contributed by atoms with E-state index >= 15 is 0 Å². The van der Waals surface area contributed by atoms with E-state index in [2.05, 4.69) is 31.1 Å². The highest BCUT2D eigenvalue weighted by Gasteiger charge is 2.22. The van der Waals surface area contributed by atoms with Crippen LogP contribution in [0.1, 0.15) is 26.3 Å². The zero-order valence-corrected chi connectivity index (χ0v) is 11.8. The summed E-state index contributed by atoms with van der Waals surface area (Å²) in [4.78, 5) is 4.25. The van der Waals surface area contributed by atoms with E-state index in [1.54, 1.807) is 6.20 Å². The standard InChI is InChI=1S/C13H19ClN2O2/c1-13(2,3)16-6-9-4-11(14)12(15-5-9)18-10-7-17-8-10/h4-5,10,16H,6-8H2,1-3H3. The minimum Gasteiger partial charge on any atom is -0.468 e. The SMILES string of the molecule is CC(C)(C)NCc1cnc(OC2COC2)c(Cl)c1. The van der Waals surface area contributed by atoms with Crippen LogP contribution in [0.25, 0.3) is 0 Å². The number of rotatable bonds is 4. The highest BCUT2D eigenvalue weighted by molar-refractivity contribution is 6.31. The summed E-state index contributed by atoms with van der Waals surface area (Å²) >= 11 is 6.15. The predicted octanol–water partition coefficient (Wildman–Crippen LogP) is 2.40. The third-order valence-corrected chi connectivity index (χ3v) is 2.84. The third kappa shape index (κ3) is 3.83. The monoisotopic (exact) mass is 270 g/mol. The van der Waals surface area contributed by atoms with Crippen molar-refractivity contribution >= 4 is 11.6 Å². The van der Waals surface area contributed by atoms with E-state index in [0.717, 1.165) is 12.1 Å². The fourth-order valence-electron chi connectivity index (χ4n) is 1.46. The van der Waals surface area contributed by atoms with Gasteiger partial charge in [0.2, 0.25) is 5.88 Å². The maximum atomic E-state index is 6.15. The molecule has 0 spiro atoms. The van der Waals surface area contributed by atoms with Gasteiger partial charge in [-0.05, 0) is 32.4 Å². The third-order valence-electron chi connectivity index (χ3n) is 2.57. The second-order valence-corrected chi connectivity index (χ2v) is 5.92. The molecule has 4 nitrogen and oxygen atoms in total. The predicted molar refractivity (Wildman–Crippen MR) is 71.1 cm³/mol. The van der Waals surface area contributed by atoms with Crippen molar-refractivity contribution in [1.29, 1.82) is 0 Å². The molecule has 0 bridgehead atoms. The minimum absolute atomic E-state index is 0.0743. The summed E-state index contributed by atoms with van der Waals surface area (Å²) in [5.41, 5.74) is 1.12. The van der Waals surface area contributed by atoms with E-state index in [0.29, 0.717) is 24.1 Å². The Kier molecular flexibility index (Phi) is 4.10. The fourth-order valence-corrected chi connectivity index (χ4v) is 1.69. The first kappa shape index (κ1) is 13.6. The molecule has 0 aromatic carbocycles. The number of ether oxygens (including phenoxy) is 2. The second kappa shape index (κ2) is 5.43. The van der Waals surface area contributed by atoms with Gasteiger partial charge in [0.25, 0.3) is 0 Å². The van der Waals surface area contributed by atoms with E-state index in [1.165, 1.54) is 0 Å². The van der Waals surface area contributed by atoms with Crippen molar-refractivity contribution in [1.82, 2.24) is 10.3 Å². The van der Waals surface area contributed by atoms with Gasteiger partial charge in [0, 0.05) is 18.3 Å². The second-order valence-electron chi connectivity index (χ2n) is 5.51. The normalized spacial score (nSPS) is 16.4. The van der Waals surface area contributed by atoms with Gasteiger partial charge in [-0.2, -0.15) is 0 Å². The quantitative estimate of drug-likeness (QED) is 0.912. The summed E-state index contributed by atoms with van der Waals surface area (Å²) in [6.07, 6.45) is 1.88. The first-order valence-corrected chi connectivity index (χ1v) is 6.46. The van der Waals surface area contributed by atoms with Crippen molar-refractivity contribution in [2.45, 2.75) is 39.0 Å². The number of hydrogen-bond donors (Lipinski definition) is 1. The van der Waals surface area contributed by atoms with Crippen LogP contribution in [0.15, 0.2) is 12.3 Å². The van der Waals surface area contributed by atoms with Crippen molar-refractivity contribution < 1.29 is 9.47 Å². The topological polar surface area (TPSA) is 43.4 Å². The van der Waals surface area contributed by atoms with Gasteiger partial charge >= 0.3 is 0 Å². The molecule has 1 aliphatic rings. The molecule has 0 atom stereocenters.